The second kappa shape index (κ2) is 11.0. The number of aliphatic hydroxyl groups is 1. The molecule has 2 aromatic carbocycles. The molecule has 3 rings (SSSR count). The van der Waals surface area contributed by atoms with E-state index in [2.05, 4.69) is 4.90 Å². The van der Waals surface area contributed by atoms with Gasteiger partial charge in [0.2, 0.25) is 5.88 Å². The van der Waals surface area contributed by atoms with Gasteiger partial charge in [0.1, 0.15) is 17.3 Å². The van der Waals surface area contributed by atoms with Crippen LogP contribution in [0.4, 0.5) is 4.39 Å². The Hall–Kier alpha value is -2.74. The molecule has 166 valence electrons. The summed E-state index contributed by atoms with van der Waals surface area (Å²) in [6, 6.07) is 15.8. The maximum Gasteiger partial charge on any atom is 0.222 e. The molecule has 0 bridgehead atoms. The van der Waals surface area contributed by atoms with Crippen molar-refractivity contribution in [2.24, 2.45) is 7.05 Å². The van der Waals surface area contributed by atoms with E-state index >= 15 is 0 Å². The number of methoxy groups -OCH3 is 1. The molecular formula is C24H30FN3O3. The average Bonchev–Trinajstić information content (AvgIpc) is 3.09. The van der Waals surface area contributed by atoms with E-state index in [0.717, 1.165) is 16.8 Å². The number of ether oxygens (including phenoxy) is 2. The molecule has 1 heterocycles. The largest absolute Gasteiger partial charge is 0.439 e. The Bertz CT molecular complexity index is 945. The molecule has 0 aliphatic carbocycles. The fraction of sp³-hybridized carbons (Fsp3) is 0.375. The summed E-state index contributed by atoms with van der Waals surface area (Å²) in [6.07, 6.45) is 0.233. The van der Waals surface area contributed by atoms with Crippen molar-refractivity contribution in [1.82, 2.24) is 14.7 Å². The van der Waals surface area contributed by atoms with Gasteiger partial charge in [-0.15, -0.1) is 0 Å². The molecule has 1 atom stereocenters. The van der Waals surface area contributed by atoms with Crippen molar-refractivity contribution in [3.8, 4) is 22.9 Å². The number of aromatic nitrogens is 2. The van der Waals surface area contributed by atoms with Crippen LogP contribution in [-0.4, -0.2) is 52.7 Å². The van der Waals surface area contributed by atoms with Crippen LogP contribution in [0.25, 0.3) is 11.3 Å². The minimum atomic E-state index is -0.435. The summed E-state index contributed by atoms with van der Waals surface area (Å²) < 4.78 is 26.5. The standard InChI is InChI=1S/C24H30FN3O3/c1-4-20(29)16-28(14-15-30-3)17-22-23(18-8-6-5-7-9-18)26-27(2)24(22)31-21-12-10-19(25)11-13-21/h5-13,20,29H,4,14-17H2,1-3H3/t20-/m1/s1. The van der Waals surface area contributed by atoms with Crippen LogP contribution in [0.3, 0.4) is 0 Å². The van der Waals surface area contributed by atoms with E-state index in [1.807, 2.05) is 44.3 Å². The summed E-state index contributed by atoms with van der Waals surface area (Å²) in [7, 11) is 3.49. The first-order chi connectivity index (χ1) is 15.0. The third-order valence-corrected chi connectivity index (χ3v) is 5.10. The molecule has 6 nitrogen and oxygen atoms in total. The number of aryl methyl sites for hydroxylation is 1. The van der Waals surface area contributed by atoms with Gasteiger partial charge in [0.25, 0.3) is 0 Å². The third kappa shape index (κ3) is 6.13. The van der Waals surface area contributed by atoms with Gasteiger partial charge in [0.05, 0.1) is 18.3 Å². The molecule has 0 aliphatic rings. The Labute approximate surface area is 182 Å². The first kappa shape index (κ1) is 22.9. The number of nitrogens with zero attached hydrogens (tertiary/aromatic N) is 3. The second-order valence-corrected chi connectivity index (χ2v) is 7.47. The molecule has 3 aromatic rings. The van der Waals surface area contributed by atoms with Crippen LogP contribution in [0.5, 0.6) is 11.6 Å². The molecule has 0 saturated heterocycles. The van der Waals surface area contributed by atoms with Crippen molar-refractivity contribution in [2.45, 2.75) is 26.0 Å². The van der Waals surface area contributed by atoms with Crippen molar-refractivity contribution in [3.63, 3.8) is 0 Å². The Kier molecular flexibility index (Phi) is 8.17. The van der Waals surface area contributed by atoms with Gasteiger partial charge in [0, 0.05) is 39.4 Å². The average molecular weight is 428 g/mol. The molecule has 0 unspecified atom stereocenters. The quantitative estimate of drug-likeness (QED) is 0.496. The zero-order valence-corrected chi connectivity index (χ0v) is 18.3. The van der Waals surface area contributed by atoms with Crippen LogP contribution in [0.1, 0.15) is 18.9 Å². The van der Waals surface area contributed by atoms with Crippen molar-refractivity contribution in [3.05, 3.63) is 66.0 Å². The molecule has 0 amide bonds. The Morgan fingerprint density at radius 2 is 1.84 bits per heavy atom. The van der Waals surface area contributed by atoms with E-state index in [4.69, 9.17) is 14.6 Å². The van der Waals surface area contributed by atoms with E-state index in [1.54, 1.807) is 23.9 Å². The first-order valence-electron chi connectivity index (χ1n) is 10.5. The first-order valence-corrected chi connectivity index (χ1v) is 10.5. The van der Waals surface area contributed by atoms with Crippen molar-refractivity contribution in [2.75, 3.05) is 26.8 Å². The van der Waals surface area contributed by atoms with Crippen molar-refractivity contribution < 1.29 is 19.0 Å². The van der Waals surface area contributed by atoms with Gasteiger partial charge in [-0.05, 0) is 30.7 Å². The lowest BCUT2D eigenvalue weighted by molar-refractivity contribution is 0.0827. The monoisotopic (exact) mass is 427 g/mol. The Morgan fingerprint density at radius 1 is 1.13 bits per heavy atom. The van der Waals surface area contributed by atoms with Gasteiger partial charge in [-0.25, -0.2) is 9.07 Å². The summed E-state index contributed by atoms with van der Waals surface area (Å²) in [6.45, 7) is 4.20. The Balaban J connectivity index is 1.99. The molecule has 1 aromatic heterocycles. The normalized spacial score (nSPS) is 12.3. The second-order valence-electron chi connectivity index (χ2n) is 7.47. The Morgan fingerprint density at radius 3 is 2.48 bits per heavy atom. The molecule has 0 aliphatic heterocycles. The van der Waals surface area contributed by atoms with Crippen LogP contribution >= 0.6 is 0 Å². The van der Waals surface area contributed by atoms with Crippen LogP contribution < -0.4 is 4.74 Å². The maximum absolute atomic E-state index is 13.3. The predicted octanol–water partition coefficient (Wildman–Crippen LogP) is 4.24. The molecule has 1 N–H and O–H groups in total. The number of halogens is 1. The highest BCUT2D eigenvalue weighted by Crippen LogP contribution is 2.34. The molecule has 7 heteroatoms. The summed E-state index contributed by atoms with van der Waals surface area (Å²) in [4.78, 5) is 2.14. The van der Waals surface area contributed by atoms with Gasteiger partial charge < -0.3 is 14.6 Å². The van der Waals surface area contributed by atoms with Gasteiger partial charge in [-0.1, -0.05) is 37.3 Å². The number of aliphatic hydroxyl groups excluding tert-OH is 1. The number of rotatable bonds is 11. The van der Waals surface area contributed by atoms with Gasteiger partial charge in [-0.2, -0.15) is 5.10 Å². The lowest BCUT2D eigenvalue weighted by Crippen LogP contribution is -2.34. The molecule has 0 fully saturated rings. The van der Waals surface area contributed by atoms with Gasteiger partial charge in [-0.3, -0.25) is 4.90 Å². The third-order valence-electron chi connectivity index (χ3n) is 5.10. The van der Waals surface area contributed by atoms with Crippen LogP contribution in [-0.2, 0) is 18.3 Å². The fourth-order valence-electron chi connectivity index (χ4n) is 3.37. The minimum absolute atomic E-state index is 0.318. The van der Waals surface area contributed by atoms with E-state index < -0.39 is 6.10 Å². The van der Waals surface area contributed by atoms with Crippen molar-refractivity contribution in [1.29, 1.82) is 0 Å². The highest BCUT2D eigenvalue weighted by molar-refractivity contribution is 5.65. The lowest BCUT2D eigenvalue weighted by atomic mass is 10.1. The zero-order chi connectivity index (χ0) is 22.2. The van der Waals surface area contributed by atoms with Crippen LogP contribution in [0.2, 0.25) is 0 Å². The number of hydrogen-bond donors (Lipinski definition) is 1. The molecule has 0 radical (unpaired) electrons. The number of hydrogen-bond acceptors (Lipinski definition) is 5. The van der Waals surface area contributed by atoms with E-state index in [1.165, 1.54) is 12.1 Å². The van der Waals surface area contributed by atoms with E-state index in [-0.39, 0.29) is 5.82 Å². The van der Waals surface area contributed by atoms with Crippen LogP contribution in [0, 0.1) is 5.82 Å². The van der Waals surface area contributed by atoms with Crippen molar-refractivity contribution >= 4 is 0 Å². The summed E-state index contributed by atoms with van der Waals surface area (Å²) >= 11 is 0. The smallest absolute Gasteiger partial charge is 0.222 e. The van der Waals surface area contributed by atoms with Crippen LogP contribution in [0.15, 0.2) is 54.6 Å². The van der Waals surface area contributed by atoms with E-state index in [9.17, 15) is 9.50 Å². The minimum Gasteiger partial charge on any atom is -0.439 e. The topological polar surface area (TPSA) is 59.8 Å². The number of benzene rings is 2. The predicted molar refractivity (Wildman–Crippen MR) is 119 cm³/mol. The maximum atomic E-state index is 13.3. The highest BCUT2D eigenvalue weighted by Gasteiger charge is 2.23. The molecule has 0 spiro atoms. The SMILES string of the molecule is CC[C@@H](O)CN(CCOC)Cc1c(-c2ccccc2)nn(C)c1Oc1ccc(F)cc1. The van der Waals surface area contributed by atoms with Gasteiger partial charge >= 0.3 is 0 Å². The van der Waals surface area contributed by atoms with E-state index in [0.29, 0.717) is 44.3 Å². The summed E-state index contributed by atoms with van der Waals surface area (Å²) in [5.74, 6) is 0.794. The molecule has 31 heavy (non-hydrogen) atoms. The zero-order valence-electron chi connectivity index (χ0n) is 18.3. The fourth-order valence-corrected chi connectivity index (χ4v) is 3.37. The van der Waals surface area contributed by atoms with Gasteiger partial charge in [0.15, 0.2) is 0 Å². The summed E-state index contributed by atoms with van der Waals surface area (Å²) in [5.41, 5.74) is 2.69. The molecule has 0 saturated carbocycles. The molecular weight excluding hydrogens is 397 g/mol. The highest BCUT2D eigenvalue weighted by atomic mass is 19.1. The lowest BCUT2D eigenvalue weighted by Gasteiger charge is -2.25. The summed E-state index contributed by atoms with van der Waals surface area (Å²) in [5, 5.41) is 15.0.